The van der Waals surface area contributed by atoms with Crippen LogP contribution in [0.15, 0.2) is 46.9 Å². The molecule has 110 valence electrons. The summed E-state index contributed by atoms with van der Waals surface area (Å²) >= 11 is 15.5. The molecule has 0 amide bonds. The molecule has 0 aliphatic carbocycles. The van der Waals surface area contributed by atoms with Crippen molar-refractivity contribution in [1.29, 1.82) is 0 Å². The summed E-state index contributed by atoms with van der Waals surface area (Å²) in [6, 6.07) is 12.9. The van der Waals surface area contributed by atoms with Gasteiger partial charge < -0.3 is 0 Å². The van der Waals surface area contributed by atoms with Crippen LogP contribution >= 0.6 is 39.1 Å². The summed E-state index contributed by atoms with van der Waals surface area (Å²) in [5.74, 6) is -0.0444. The Morgan fingerprint density at radius 1 is 1.19 bits per heavy atom. The number of hydrogen-bond donors (Lipinski definition) is 0. The number of ketones is 1. The lowest BCUT2D eigenvalue weighted by molar-refractivity contribution is 0.0943. The molecule has 0 fully saturated rings. The fraction of sp³-hybridized carbons (Fsp3) is 0.188. The summed E-state index contributed by atoms with van der Waals surface area (Å²) in [5, 5.41) is 0.940. The van der Waals surface area contributed by atoms with Crippen LogP contribution in [0.5, 0.6) is 0 Å². The lowest BCUT2D eigenvalue weighted by Crippen LogP contribution is -2.26. The Morgan fingerprint density at radius 2 is 1.90 bits per heavy atom. The Bertz CT molecular complexity index is 660. The van der Waals surface area contributed by atoms with E-state index >= 15 is 0 Å². The molecule has 2 rings (SSSR count). The first-order valence-electron chi connectivity index (χ1n) is 6.37. The van der Waals surface area contributed by atoms with Crippen LogP contribution in [0.2, 0.25) is 10.0 Å². The van der Waals surface area contributed by atoms with Crippen molar-refractivity contribution in [2.75, 3.05) is 13.6 Å². The molecular formula is C16H14BrCl2NO. The minimum Gasteiger partial charge on any atom is -0.295 e. The molecule has 0 aliphatic rings. The highest BCUT2D eigenvalue weighted by Crippen LogP contribution is 2.22. The molecule has 0 aromatic heterocycles. The second-order valence-electron chi connectivity index (χ2n) is 4.81. The second-order valence-corrected chi connectivity index (χ2v) is 6.51. The molecule has 0 aliphatic heterocycles. The van der Waals surface area contributed by atoms with Crippen LogP contribution in [-0.4, -0.2) is 24.3 Å². The van der Waals surface area contributed by atoms with Crippen molar-refractivity contribution in [3.8, 4) is 0 Å². The minimum atomic E-state index is -0.0444. The van der Waals surface area contributed by atoms with E-state index in [2.05, 4.69) is 15.9 Å². The molecule has 0 saturated carbocycles. The number of rotatable bonds is 5. The fourth-order valence-electron chi connectivity index (χ4n) is 2.01. The first kappa shape index (κ1) is 16.5. The first-order chi connectivity index (χ1) is 9.97. The van der Waals surface area contributed by atoms with Crippen LogP contribution in [0.4, 0.5) is 0 Å². The fourth-order valence-corrected chi connectivity index (χ4v) is 2.82. The average Bonchev–Trinajstić information content (AvgIpc) is 2.44. The Balaban J connectivity index is 2.06. The number of nitrogens with zero attached hydrogens (tertiary/aromatic N) is 1. The highest BCUT2D eigenvalue weighted by Gasteiger charge is 2.14. The van der Waals surface area contributed by atoms with E-state index in [-0.39, 0.29) is 12.3 Å². The van der Waals surface area contributed by atoms with E-state index in [4.69, 9.17) is 23.2 Å². The molecule has 0 radical (unpaired) electrons. The number of halogens is 3. The Kier molecular flexibility index (Phi) is 5.82. The third kappa shape index (κ3) is 4.55. The van der Waals surface area contributed by atoms with E-state index in [1.165, 1.54) is 0 Å². The highest BCUT2D eigenvalue weighted by atomic mass is 79.9. The van der Waals surface area contributed by atoms with Gasteiger partial charge in [0.2, 0.25) is 0 Å². The molecule has 0 unspecified atom stereocenters. The predicted molar refractivity (Wildman–Crippen MR) is 91.3 cm³/mol. The summed E-state index contributed by atoms with van der Waals surface area (Å²) in [5.41, 5.74) is 1.59. The van der Waals surface area contributed by atoms with Gasteiger partial charge in [0.25, 0.3) is 0 Å². The topological polar surface area (TPSA) is 20.3 Å². The van der Waals surface area contributed by atoms with Crippen LogP contribution in [-0.2, 0) is 6.54 Å². The van der Waals surface area contributed by atoms with Gasteiger partial charge in [0.15, 0.2) is 5.78 Å². The molecule has 2 nitrogen and oxygen atoms in total. The van der Waals surface area contributed by atoms with E-state index in [9.17, 15) is 4.79 Å². The van der Waals surface area contributed by atoms with Crippen molar-refractivity contribution in [2.45, 2.75) is 6.54 Å². The molecule has 2 aromatic rings. The van der Waals surface area contributed by atoms with Crippen LogP contribution in [0.25, 0.3) is 0 Å². The number of benzene rings is 2. The van der Waals surface area contributed by atoms with Crippen LogP contribution in [0.3, 0.4) is 0 Å². The largest absolute Gasteiger partial charge is 0.295 e. The Hall–Kier alpha value is -0.870. The summed E-state index contributed by atoms with van der Waals surface area (Å²) in [7, 11) is 1.90. The molecule has 0 N–H and O–H groups in total. The summed E-state index contributed by atoms with van der Waals surface area (Å²) in [6.07, 6.45) is 0. The number of Topliss-reactive ketones (excluding diaryl/α,β-unsaturated/α-hetero) is 1. The van der Waals surface area contributed by atoms with Gasteiger partial charge in [-0.15, -0.1) is 0 Å². The molecule has 0 heterocycles. The molecule has 0 atom stereocenters. The van der Waals surface area contributed by atoms with Crippen molar-refractivity contribution < 1.29 is 4.79 Å². The zero-order valence-corrected chi connectivity index (χ0v) is 14.5. The maximum absolute atomic E-state index is 12.3. The van der Waals surface area contributed by atoms with Gasteiger partial charge in [-0.25, -0.2) is 0 Å². The third-order valence-electron chi connectivity index (χ3n) is 3.04. The quantitative estimate of drug-likeness (QED) is 0.668. The van der Waals surface area contributed by atoms with Gasteiger partial charge in [0.1, 0.15) is 0 Å². The van der Waals surface area contributed by atoms with Gasteiger partial charge in [-0.1, -0.05) is 57.3 Å². The van der Waals surface area contributed by atoms with Gasteiger partial charge in [-0.05, 0) is 36.9 Å². The first-order valence-corrected chi connectivity index (χ1v) is 7.92. The van der Waals surface area contributed by atoms with E-state index < -0.39 is 0 Å². The van der Waals surface area contributed by atoms with Crippen molar-refractivity contribution in [3.05, 3.63) is 68.1 Å². The Morgan fingerprint density at radius 3 is 2.62 bits per heavy atom. The van der Waals surface area contributed by atoms with Gasteiger partial charge in [-0.3, -0.25) is 9.69 Å². The summed E-state index contributed by atoms with van der Waals surface area (Å²) in [6.45, 7) is 0.951. The summed E-state index contributed by atoms with van der Waals surface area (Å²) < 4.78 is 1.03. The molecule has 21 heavy (non-hydrogen) atoms. The zero-order valence-electron chi connectivity index (χ0n) is 11.4. The van der Waals surface area contributed by atoms with E-state index in [0.717, 1.165) is 10.0 Å². The van der Waals surface area contributed by atoms with Crippen molar-refractivity contribution >= 4 is 44.9 Å². The number of hydrogen-bond acceptors (Lipinski definition) is 2. The van der Waals surface area contributed by atoms with Gasteiger partial charge >= 0.3 is 0 Å². The number of likely N-dealkylation sites (N-methyl/N-ethyl adjacent to an activating group) is 1. The third-order valence-corrected chi connectivity index (χ3v) is 4.38. The van der Waals surface area contributed by atoms with Crippen LogP contribution in [0, 0.1) is 0 Å². The lowest BCUT2D eigenvalue weighted by Gasteiger charge is -2.17. The summed E-state index contributed by atoms with van der Waals surface area (Å²) in [4.78, 5) is 14.3. The number of carbonyl (C=O) groups excluding carboxylic acids is 1. The zero-order chi connectivity index (χ0) is 15.4. The molecule has 0 bridgehead atoms. The van der Waals surface area contributed by atoms with E-state index in [0.29, 0.717) is 22.2 Å². The monoisotopic (exact) mass is 385 g/mol. The van der Waals surface area contributed by atoms with Gasteiger partial charge in [-0.2, -0.15) is 0 Å². The van der Waals surface area contributed by atoms with Gasteiger partial charge in [0.05, 0.1) is 11.6 Å². The normalized spacial score (nSPS) is 10.9. The molecule has 5 heteroatoms. The molecule has 2 aromatic carbocycles. The smallest absolute Gasteiger partial charge is 0.178 e. The van der Waals surface area contributed by atoms with Crippen LogP contribution in [0.1, 0.15) is 15.9 Å². The van der Waals surface area contributed by atoms with E-state index in [1.807, 2.05) is 36.2 Å². The highest BCUT2D eigenvalue weighted by molar-refractivity contribution is 9.10. The van der Waals surface area contributed by atoms with Crippen molar-refractivity contribution in [3.63, 3.8) is 0 Å². The Labute approximate surface area is 142 Å². The second kappa shape index (κ2) is 7.41. The average molecular weight is 387 g/mol. The van der Waals surface area contributed by atoms with Crippen molar-refractivity contribution in [1.82, 2.24) is 4.90 Å². The van der Waals surface area contributed by atoms with Crippen molar-refractivity contribution in [2.24, 2.45) is 0 Å². The minimum absolute atomic E-state index is 0.0444. The maximum Gasteiger partial charge on any atom is 0.178 e. The number of carbonyl (C=O) groups is 1. The SMILES string of the molecule is CN(CC(=O)c1cc(Cl)ccc1Cl)Cc1ccccc1Br. The predicted octanol–water partition coefficient (Wildman–Crippen LogP) is 5.07. The molecule has 0 spiro atoms. The van der Waals surface area contributed by atoms with Gasteiger partial charge in [0, 0.05) is 21.6 Å². The van der Waals surface area contributed by atoms with Crippen LogP contribution < -0.4 is 0 Å². The lowest BCUT2D eigenvalue weighted by atomic mass is 10.1. The molecule has 0 saturated heterocycles. The van der Waals surface area contributed by atoms with E-state index in [1.54, 1.807) is 18.2 Å². The molecular weight excluding hydrogens is 373 g/mol. The standard InChI is InChI=1S/C16H14BrCl2NO/c1-20(9-11-4-2-3-5-14(11)17)10-16(21)13-8-12(18)6-7-15(13)19/h2-8H,9-10H2,1H3. The maximum atomic E-state index is 12.3.